The minimum atomic E-state index is -1.33. The first kappa shape index (κ1) is 24.7. The molecule has 2 aliphatic heterocycles. The molecule has 0 radical (unpaired) electrons. The van der Waals surface area contributed by atoms with Crippen LogP contribution in [0.5, 0.6) is 0 Å². The van der Waals surface area contributed by atoms with Crippen molar-refractivity contribution in [1.29, 1.82) is 0 Å². The maximum atomic E-state index is 12.7. The third-order valence-corrected chi connectivity index (χ3v) is 6.39. The first-order chi connectivity index (χ1) is 15.9. The van der Waals surface area contributed by atoms with Crippen LogP contribution in [0.1, 0.15) is 55.3 Å². The van der Waals surface area contributed by atoms with Gasteiger partial charge in [-0.05, 0) is 63.2 Å². The van der Waals surface area contributed by atoms with E-state index in [2.05, 4.69) is 16.0 Å². The molecule has 2 unspecified atom stereocenters. The predicted molar refractivity (Wildman–Crippen MR) is 123 cm³/mol. The van der Waals surface area contributed by atoms with Crippen molar-refractivity contribution in [2.75, 3.05) is 26.2 Å². The summed E-state index contributed by atoms with van der Waals surface area (Å²) in [5.74, 6) is -1.56. The van der Waals surface area contributed by atoms with Gasteiger partial charge in [-0.25, -0.2) is 4.79 Å². The Morgan fingerprint density at radius 2 is 1.82 bits per heavy atom. The fourth-order valence-corrected chi connectivity index (χ4v) is 4.48. The maximum Gasteiger partial charge on any atom is 0.326 e. The Bertz CT molecular complexity index is 825. The van der Waals surface area contributed by atoms with Gasteiger partial charge in [-0.2, -0.15) is 0 Å². The second-order valence-corrected chi connectivity index (χ2v) is 8.91. The van der Waals surface area contributed by atoms with Gasteiger partial charge in [-0.3, -0.25) is 14.4 Å². The second kappa shape index (κ2) is 12.3. The van der Waals surface area contributed by atoms with Crippen molar-refractivity contribution in [2.45, 2.75) is 57.0 Å². The minimum Gasteiger partial charge on any atom is -0.480 e. The van der Waals surface area contributed by atoms with Crippen LogP contribution in [0.2, 0.25) is 0 Å². The molecule has 2 aliphatic rings. The van der Waals surface area contributed by atoms with Crippen molar-refractivity contribution in [3.05, 3.63) is 35.9 Å². The average molecular weight is 459 g/mol. The van der Waals surface area contributed by atoms with Gasteiger partial charge in [0.1, 0.15) is 6.04 Å². The Kier molecular flexibility index (Phi) is 9.24. The normalized spacial score (nSPS) is 20.0. The number of carbonyl (C=O) groups excluding carboxylic acids is 3. The highest BCUT2D eigenvalue weighted by Crippen LogP contribution is 2.20. The van der Waals surface area contributed by atoms with Crippen molar-refractivity contribution in [3.63, 3.8) is 0 Å². The monoisotopic (exact) mass is 458 g/mol. The molecule has 9 nitrogen and oxygen atoms in total. The number of hydrogen-bond donors (Lipinski definition) is 4. The van der Waals surface area contributed by atoms with Gasteiger partial charge >= 0.3 is 5.97 Å². The fourth-order valence-electron chi connectivity index (χ4n) is 4.48. The predicted octanol–water partition coefficient (Wildman–Crippen LogP) is 1.15. The van der Waals surface area contributed by atoms with Gasteiger partial charge in [0.25, 0.3) is 5.91 Å². The van der Waals surface area contributed by atoms with Gasteiger partial charge in [0.2, 0.25) is 11.8 Å². The first-order valence-electron chi connectivity index (χ1n) is 11.8. The van der Waals surface area contributed by atoms with Crippen molar-refractivity contribution in [2.24, 2.45) is 5.92 Å². The number of piperidine rings is 2. The molecule has 0 aliphatic carbocycles. The number of aliphatic carboxylic acids is 1. The molecule has 0 spiro atoms. The molecule has 2 saturated heterocycles. The molecule has 2 atom stereocenters. The van der Waals surface area contributed by atoms with Gasteiger partial charge in [0, 0.05) is 31.1 Å². The Hall–Kier alpha value is -2.94. The molecule has 3 amide bonds. The molecule has 3 rings (SSSR count). The summed E-state index contributed by atoms with van der Waals surface area (Å²) in [6, 6.07) is 6.72. The van der Waals surface area contributed by atoms with Gasteiger partial charge in [0.15, 0.2) is 0 Å². The number of benzene rings is 1. The lowest BCUT2D eigenvalue weighted by molar-refractivity contribution is -0.141. The van der Waals surface area contributed by atoms with E-state index in [0.29, 0.717) is 31.0 Å². The van der Waals surface area contributed by atoms with Crippen molar-refractivity contribution in [3.8, 4) is 0 Å². The largest absolute Gasteiger partial charge is 0.480 e. The molecule has 180 valence electrons. The molecular weight excluding hydrogens is 424 g/mol. The highest BCUT2D eigenvalue weighted by molar-refractivity contribution is 5.97. The fraction of sp³-hybridized carbons (Fsp3) is 0.583. The molecule has 33 heavy (non-hydrogen) atoms. The van der Waals surface area contributed by atoms with E-state index < -0.39 is 23.8 Å². The van der Waals surface area contributed by atoms with Crippen LogP contribution in [0, 0.1) is 5.92 Å². The third kappa shape index (κ3) is 7.85. The van der Waals surface area contributed by atoms with Gasteiger partial charge in [-0.1, -0.05) is 18.2 Å². The van der Waals surface area contributed by atoms with E-state index in [0.717, 1.165) is 45.2 Å². The Morgan fingerprint density at radius 1 is 1.09 bits per heavy atom. The average Bonchev–Trinajstić information content (AvgIpc) is 2.83. The number of likely N-dealkylation sites (tertiary alicyclic amines) is 1. The highest BCUT2D eigenvalue weighted by Gasteiger charge is 2.28. The Labute approximate surface area is 194 Å². The summed E-state index contributed by atoms with van der Waals surface area (Å²) in [6.45, 7) is 3.15. The zero-order valence-corrected chi connectivity index (χ0v) is 18.9. The van der Waals surface area contributed by atoms with E-state index >= 15 is 0 Å². The van der Waals surface area contributed by atoms with Crippen LogP contribution < -0.4 is 16.0 Å². The van der Waals surface area contributed by atoms with E-state index in [-0.39, 0.29) is 18.4 Å². The van der Waals surface area contributed by atoms with Crippen LogP contribution in [0.4, 0.5) is 0 Å². The lowest BCUT2D eigenvalue weighted by Gasteiger charge is -2.34. The van der Waals surface area contributed by atoms with Crippen molar-refractivity contribution in [1.82, 2.24) is 20.9 Å². The standard InChI is InChI=1S/C24H34N4O5/c29-21(15-20(24(32)33)27-23(31)18-5-2-1-3-6-18)26-19-7-4-14-28(16-19)22(30)9-8-17-10-12-25-13-11-17/h1-3,5-6,17,19-20,25H,4,7-16H2,(H,26,29)(H,27,31)(H,32,33). The number of amides is 3. The lowest BCUT2D eigenvalue weighted by Crippen LogP contribution is -2.51. The van der Waals surface area contributed by atoms with E-state index in [1.165, 1.54) is 0 Å². The molecule has 2 fully saturated rings. The van der Waals surface area contributed by atoms with Gasteiger partial charge in [0.05, 0.1) is 6.42 Å². The molecule has 1 aromatic carbocycles. The quantitative estimate of drug-likeness (QED) is 0.440. The number of carboxylic acids is 1. The van der Waals surface area contributed by atoms with Crippen LogP contribution in [0.15, 0.2) is 30.3 Å². The number of nitrogens with zero attached hydrogens (tertiary/aromatic N) is 1. The number of nitrogens with one attached hydrogen (secondary N) is 3. The van der Waals surface area contributed by atoms with E-state index in [9.17, 15) is 24.3 Å². The molecular formula is C24H34N4O5. The molecule has 1 aromatic rings. The van der Waals surface area contributed by atoms with Gasteiger partial charge < -0.3 is 26.0 Å². The first-order valence-corrected chi connectivity index (χ1v) is 11.8. The summed E-state index contributed by atoms with van der Waals surface area (Å²) in [5.41, 5.74) is 0.329. The van der Waals surface area contributed by atoms with E-state index in [1.807, 2.05) is 0 Å². The SMILES string of the molecule is O=C(CC(NC(=O)c1ccccc1)C(=O)O)NC1CCCN(C(=O)CCC2CCNCC2)C1. The van der Waals surface area contributed by atoms with Gasteiger partial charge in [-0.15, -0.1) is 0 Å². The second-order valence-electron chi connectivity index (χ2n) is 8.91. The lowest BCUT2D eigenvalue weighted by atomic mass is 9.93. The smallest absolute Gasteiger partial charge is 0.326 e. The Morgan fingerprint density at radius 3 is 2.52 bits per heavy atom. The summed E-state index contributed by atoms with van der Waals surface area (Å²) in [5, 5.41) is 18.0. The van der Waals surface area contributed by atoms with Crippen molar-refractivity contribution >= 4 is 23.7 Å². The summed E-state index contributed by atoms with van der Waals surface area (Å²) in [7, 11) is 0. The third-order valence-electron chi connectivity index (χ3n) is 6.39. The van der Waals surface area contributed by atoms with E-state index in [4.69, 9.17) is 0 Å². The summed E-state index contributed by atoms with van der Waals surface area (Å²) < 4.78 is 0. The maximum absolute atomic E-state index is 12.7. The summed E-state index contributed by atoms with van der Waals surface area (Å²) >= 11 is 0. The molecule has 9 heteroatoms. The topological polar surface area (TPSA) is 128 Å². The zero-order chi connectivity index (χ0) is 23.6. The van der Waals surface area contributed by atoms with Crippen molar-refractivity contribution < 1.29 is 24.3 Å². The minimum absolute atomic E-state index is 0.117. The van der Waals surface area contributed by atoms with Crippen LogP contribution in [0.25, 0.3) is 0 Å². The summed E-state index contributed by atoms with van der Waals surface area (Å²) in [6.07, 6.45) is 4.80. The molecule has 0 aromatic heterocycles. The van der Waals surface area contributed by atoms with Crippen LogP contribution in [-0.4, -0.2) is 72.0 Å². The van der Waals surface area contributed by atoms with Crippen LogP contribution in [0.3, 0.4) is 0 Å². The number of carboxylic acid groups (broad SMARTS) is 1. The molecule has 4 N–H and O–H groups in total. The molecule has 2 heterocycles. The summed E-state index contributed by atoms with van der Waals surface area (Å²) in [4.78, 5) is 50.8. The molecule has 0 saturated carbocycles. The highest BCUT2D eigenvalue weighted by atomic mass is 16.4. The number of rotatable bonds is 9. The van der Waals surface area contributed by atoms with Crippen LogP contribution in [-0.2, 0) is 14.4 Å². The zero-order valence-electron chi connectivity index (χ0n) is 18.9. The van der Waals surface area contributed by atoms with E-state index in [1.54, 1.807) is 35.2 Å². The number of hydrogen-bond acceptors (Lipinski definition) is 5. The molecule has 0 bridgehead atoms. The van der Waals surface area contributed by atoms with Crippen LogP contribution >= 0.6 is 0 Å². The Balaban J connectivity index is 1.45. The number of carbonyl (C=O) groups is 4.